The van der Waals surface area contributed by atoms with E-state index in [4.69, 9.17) is 6.57 Å². The maximum absolute atomic E-state index is 9.42. The van der Waals surface area contributed by atoms with Crippen molar-refractivity contribution in [1.82, 2.24) is 4.68 Å². The second-order valence-electron chi connectivity index (χ2n) is 5.67. The molecule has 2 heterocycles. The zero-order valence-electron chi connectivity index (χ0n) is 12.4. The van der Waals surface area contributed by atoms with E-state index in [9.17, 15) is 5.26 Å². The Bertz CT molecular complexity index is 1040. The summed E-state index contributed by atoms with van der Waals surface area (Å²) in [6.07, 6.45) is 1.98. The lowest BCUT2D eigenvalue weighted by molar-refractivity contribution is -0.749. The highest BCUT2D eigenvalue weighted by Crippen LogP contribution is 2.33. The normalized spacial score (nSPS) is 11.8. The second-order valence-corrected chi connectivity index (χ2v) is 5.67. The molecule has 1 aliphatic rings. The van der Waals surface area contributed by atoms with Crippen molar-refractivity contribution in [2.24, 2.45) is 0 Å². The summed E-state index contributed by atoms with van der Waals surface area (Å²) in [6.45, 7) is 12.3. The molecule has 0 spiro atoms. The summed E-state index contributed by atoms with van der Waals surface area (Å²) in [7, 11) is 0. The Hall–Kier alpha value is -3.11. The first-order valence-electron chi connectivity index (χ1n) is 7.11. The number of hydrogen-bond acceptors (Lipinski definition) is 1. The minimum atomic E-state index is 0.418. The fraction of sp³-hybridized carbons (Fsp3) is 0.167. The third-order valence-corrected chi connectivity index (χ3v) is 4.53. The van der Waals surface area contributed by atoms with Crippen LogP contribution in [0.25, 0.3) is 21.4 Å². The van der Waals surface area contributed by atoms with Crippen molar-refractivity contribution < 1.29 is 4.68 Å². The van der Waals surface area contributed by atoms with Crippen molar-refractivity contribution in [3.8, 4) is 11.8 Å². The molecule has 1 aromatic heterocycles. The Kier molecular flexibility index (Phi) is 2.40. The molecule has 0 saturated heterocycles. The van der Waals surface area contributed by atoms with Gasteiger partial charge in [0.05, 0.1) is 23.6 Å². The highest BCUT2D eigenvalue weighted by atomic mass is 15.4. The van der Waals surface area contributed by atoms with Crippen molar-refractivity contribution in [2.45, 2.75) is 20.4 Å². The van der Waals surface area contributed by atoms with Gasteiger partial charge in [0, 0.05) is 5.56 Å². The molecule has 0 unspecified atom stereocenters. The molecule has 0 N–H and O–H groups in total. The van der Waals surface area contributed by atoms with Gasteiger partial charge >= 0.3 is 0 Å². The van der Waals surface area contributed by atoms with E-state index in [0.717, 1.165) is 17.4 Å². The topological polar surface area (TPSA) is 37.0 Å². The molecule has 0 atom stereocenters. The van der Waals surface area contributed by atoms with E-state index >= 15 is 0 Å². The molecule has 0 saturated carbocycles. The first-order valence-corrected chi connectivity index (χ1v) is 7.11. The Labute approximate surface area is 128 Å². The number of fused-ring (bicyclic) bond motifs is 5. The van der Waals surface area contributed by atoms with Crippen LogP contribution in [0.2, 0.25) is 0 Å². The lowest BCUT2D eigenvalue weighted by atomic mass is 10.0. The Morgan fingerprint density at radius 3 is 2.82 bits per heavy atom. The zero-order valence-corrected chi connectivity index (χ0v) is 12.4. The fourth-order valence-corrected chi connectivity index (χ4v) is 3.29. The third kappa shape index (κ3) is 1.42. The van der Waals surface area contributed by atoms with Crippen molar-refractivity contribution in [3.05, 3.63) is 64.1 Å². The van der Waals surface area contributed by atoms with Crippen LogP contribution in [0.15, 0.2) is 30.5 Å². The maximum atomic E-state index is 9.42. The maximum Gasteiger partial charge on any atom is 0.205 e. The van der Waals surface area contributed by atoms with Gasteiger partial charge in [-0.15, -0.1) is 9.36 Å². The molecule has 0 amide bonds. The second kappa shape index (κ2) is 4.19. The van der Waals surface area contributed by atoms with E-state index in [-0.39, 0.29) is 0 Å². The summed E-state index contributed by atoms with van der Waals surface area (Å²) >= 11 is 0. The van der Waals surface area contributed by atoms with E-state index in [1.54, 1.807) is 6.07 Å². The van der Waals surface area contributed by atoms with Crippen molar-refractivity contribution >= 4 is 16.6 Å². The van der Waals surface area contributed by atoms with Crippen molar-refractivity contribution in [2.75, 3.05) is 0 Å². The van der Waals surface area contributed by atoms with E-state index in [1.807, 2.05) is 12.3 Å². The molecule has 0 fully saturated rings. The highest BCUT2D eigenvalue weighted by Gasteiger charge is 2.31. The number of nitrogens with zero attached hydrogens (tertiary/aromatic N) is 4. The van der Waals surface area contributed by atoms with E-state index in [2.05, 4.69) is 46.3 Å². The molecule has 1 aliphatic heterocycles. The van der Waals surface area contributed by atoms with Crippen LogP contribution >= 0.6 is 0 Å². The number of benzene rings is 2. The highest BCUT2D eigenvalue weighted by molar-refractivity contribution is 5.91. The van der Waals surface area contributed by atoms with Crippen LogP contribution in [-0.2, 0) is 6.54 Å². The molecule has 0 radical (unpaired) electrons. The van der Waals surface area contributed by atoms with Gasteiger partial charge in [-0.05, 0) is 37.1 Å². The summed E-state index contributed by atoms with van der Waals surface area (Å²) < 4.78 is 4.29. The third-order valence-electron chi connectivity index (χ3n) is 4.53. The number of rotatable bonds is 0. The van der Waals surface area contributed by atoms with Gasteiger partial charge < -0.3 is 0 Å². The molecule has 3 aromatic rings. The minimum Gasteiger partial charge on any atom is -0.237 e. The van der Waals surface area contributed by atoms with Crippen molar-refractivity contribution in [1.29, 1.82) is 5.26 Å². The van der Waals surface area contributed by atoms with E-state index < -0.39 is 0 Å². The van der Waals surface area contributed by atoms with Crippen LogP contribution in [0.5, 0.6) is 0 Å². The summed E-state index contributed by atoms with van der Waals surface area (Å²) in [5.74, 6) is 0. The number of hydrogen-bond donors (Lipinski definition) is 0. The largest absolute Gasteiger partial charge is 0.237 e. The van der Waals surface area contributed by atoms with Crippen LogP contribution in [0.1, 0.15) is 22.3 Å². The average Bonchev–Trinajstić information content (AvgIpc) is 3.05. The summed E-state index contributed by atoms with van der Waals surface area (Å²) in [5, 5.41) is 10.3. The molecule has 0 bridgehead atoms. The van der Waals surface area contributed by atoms with Gasteiger partial charge in [-0.2, -0.15) is 5.26 Å². The van der Waals surface area contributed by atoms with Gasteiger partial charge in [-0.25, -0.2) is 4.85 Å². The van der Waals surface area contributed by atoms with Gasteiger partial charge in [0.15, 0.2) is 6.54 Å². The fourth-order valence-electron chi connectivity index (χ4n) is 3.29. The average molecular weight is 285 g/mol. The Balaban J connectivity index is 2.14. The Morgan fingerprint density at radius 1 is 1.27 bits per heavy atom. The molecule has 4 rings (SSSR count). The first-order chi connectivity index (χ1) is 10.7. The smallest absolute Gasteiger partial charge is 0.205 e. The molecule has 0 aliphatic carbocycles. The van der Waals surface area contributed by atoms with Gasteiger partial charge in [-0.1, -0.05) is 12.1 Å². The molecule has 4 nitrogen and oxygen atoms in total. The number of aryl methyl sites for hydroxylation is 1. The van der Waals surface area contributed by atoms with E-state index in [1.165, 1.54) is 22.4 Å². The summed E-state index contributed by atoms with van der Waals surface area (Å²) in [5.41, 5.74) is 6.87. The number of nitriles is 1. The quantitative estimate of drug-likeness (QED) is 0.361. The van der Waals surface area contributed by atoms with Gasteiger partial charge in [0.1, 0.15) is 11.2 Å². The van der Waals surface area contributed by atoms with Crippen LogP contribution in [-0.4, -0.2) is 4.68 Å². The van der Waals surface area contributed by atoms with Crippen molar-refractivity contribution in [3.63, 3.8) is 0 Å². The van der Waals surface area contributed by atoms with Gasteiger partial charge in [0.2, 0.25) is 11.9 Å². The van der Waals surface area contributed by atoms with Gasteiger partial charge in [0.25, 0.3) is 0 Å². The lowest BCUT2D eigenvalue weighted by Crippen LogP contribution is -2.36. The van der Waals surface area contributed by atoms with E-state index in [0.29, 0.717) is 11.3 Å². The molecular weight excluding hydrogens is 272 g/mol. The SMILES string of the molecule is [C-]#[N+]c1ccc2c(c[n+]3n2-c2c(ccc(C)c2C)C3)c1C#N. The minimum absolute atomic E-state index is 0.418. The van der Waals surface area contributed by atoms with Crippen LogP contribution in [0.4, 0.5) is 5.69 Å². The predicted octanol–water partition coefficient (Wildman–Crippen LogP) is 3.32. The molecular formula is C18H13N4+. The lowest BCUT2D eigenvalue weighted by Gasteiger charge is -2.06. The van der Waals surface area contributed by atoms with Crippen LogP contribution in [0.3, 0.4) is 0 Å². The monoisotopic (exact) mass is 285 g/mol. The number of aromatic nitrogens is 2. The molecule has 22 heavy (non-hydrogen) atoms. The summed E-state index contributed by atoms with van der Waals surface area (Å²) in [6, 6.07) is 10.2. The standard InChI is InChI=1S/C18H13N4/c1-11-4-5-13-9-21-10-15-14(8-19)16(20-3)6-7-17(15)22(21)18(13)12(11)2/h4-7,10H,9H2,1-2H3/q+1. The summed E-state index contributed by atoms with van der Waals surface area (Å²) in [4.78, 5) is 3.46. The first kappa shape index (κ1) is 12.6. The van der Waals surface area contributed by atoms with Gasteiger partial charge in [-0.3, -0.25) is 0 Å². The van der Waals surface area contributed by atoms with Crippen LogP contribution in [0, 0.1) is 31.8 Å². The Morgan fingerprint density at radius 2 is 2.09 bits per heavy atom. The molecule has 4 heteroatoms. The predicted molar refractivity (Wildman–Crippen MR) is 83.0 cm³/mol. The zero-order chi connectivity index (χ0) is 15.4. The molecule has 104 valence electrons. The molecule has 2 aromatic carbocycles. The van der Waals surface area contributed by atoms with Crippen LogP contribution < -0.4 is 4.68 Å².